The number of nitrogens with zero attached hydrogens (tertiary/aromatic N) is 3. The molecule has 0 amide bonds. The van der Waals surface area contributed by atoms with E-state index < -0.39 is 50.7 Å². The maximum absolute atomic E-state index is 13.3. The van der Waals surface area contributed by atoms with Crippen molar-refractivity contribution in [1.82, 2.24) is 9.78 Å². The summed E-state index contributed by atoms with van der Waals surface area (Å²) in [5.41, 5.74) is -4.10. The first-order valence-corrected chi connectivity index (χ1v) is 8.15. The molecule has 0 saturated carbocycles. The van der Waals surface area contributed by atoms with Crippen LogP contribution < -0.4 is 5.32 Å². The monoisotopic (exact) mass is 446 g/mol. The minimum absolute atomic E-state index is 0.205. The molecule has 1 N–H and O–H groups in total. The van der Waals surface area contributed by atoms with Gasteiger partial charge >= 0.3 is 12.4 Å². The fourth-order valence-corrected chi connectivity index (χ4v) is 2.85. The lowest BCUT2D eigenvalue weighted by Gasteiger charge is -2.15. The van der Waals surface area contributed by atoms with Crippen molar-refractivity contribution in [2.75, 3.05) is 18.7 Å². The lowest BCUT2D eigenvalue weighted by molar-refractivity contribution is -0.141. The highest BCUT2D eigenvalue weighted by Crippen LogP contribution is 2.41. The molecule has 2 aromatic rings. The molecule has 2 rings (SSSR count). The quantitative estimate of drug-likeness (QED) is 0.374. The van der Waals surface area contributed by atoms with Gasteiger partial charge in [0.05, 0.1) is 15.6 Å². The summed E-state index contributed by atoms with van der Waals surface area (Å²) in [4.78, 5) is 0. The molecule has 0 spiro atoms. The van der Waals surface area contributed by atoms with Gasteiger partial charge in [0.15, 0.2) is 5.69 Å². The molecule has 28 heavy (non-hydrogen) atoms. The molecule has 0 aliphatic heterocycles. The van der Waals surface area contributed by atoms with Gasteiger partial charge in [0, 0.05) is 6.61 Å². The number of hydrogen-bond donors (Lipinski definition) is 1. The van der Waals surface area contributed by atoms with Crippen molar-refractivity contribution in [3.8, 4) is 11.8 Å². The van der Waals surface area contributed by atoms with Gasteiger partial charge in [-0.3, -0.25) is 0 Å². The Balaban J connectivity index is 2.74. The second-order valence-electron chi connectivity index (χ2n) is 5.19. The lowest BCUT2D eigenvalue weighted by Crippen LogP contribution is -2.12. The first-order valence-electron chi connectivity index (χ1n) is 7.40. The Morgan fingerprint density at radius 2 is 1.71 bits per heavy atom. The molecule has 1 aromatic carbocycles. The summed E-state index contributed by atoms with van der Waals surface area (Å²) in [7, 11) is 0. The summed E-state index contributed by atoms with van der Waals surface area (Å²) >= 11 is 11.7. The Bertz CT molecular complexity index is 894. The van der Waals surface area contributed by atoms with Gasteiger partial charge in [0.25, 0.3) is 0 Å². The number of ether oxygens (including phenoxy) is 1. The summed E-state index contributed by atoms with van der Waals surface area (Å²) in [5, 5.41) is 13.7. The number of anilines is 1. The molecule has 0 atom stereocenters. The van der Waals surface area contributed by atoms with Gasteiger partial charge in [-0.05, 0) is 19.1 Å². The molecular weight excluding hydrogens is 437 g/mol. The van der Waals surface area contributed by atoms with Crippen molar-refractivity contribution in [1.29, 1.82) is 5.26 Å². The highest BCUT2D eigenvalue weighted by Gasteiger charge is 2.40. The third kappa shape index (κ3) is 4.45. The molecule has 5 nitrogen and oxygen atoms in total. The van der Waals surface area contributed by atoms with E-state index in [-0.39, 0.29) is 13.3 Å². The van der Waals surface area contributed by atoms with E-state index in [0.717, 1.165) is 0 Å². The minimum atomic E-state index is -5.01. The summed E-state index contributed by atoms with van der Waals surface area (Å²) < 4.78 is 83.9. The predicted molar refractivity (Wildman–Crippen MR) is 88.4 cm³/mol. The second kappa shape index (κ2) is 8.06. The van der Waals surface area contributed by atoms with E-state index in [1.165, 1.54) is 6.07 Å². The van der Waals surface area contributed by atoms with Crippen LogP contribution in [0.4, 0.5) is 32.2 Å². The normalized spacial score (nSPS) is 12.1. The standard InChI is InChI=1S/C15H10Cl2F6N4O/c1-2-28-6-25-13-8(5-24)12(15(21,22)23)26-27(13)11-9(16)3-7(4-10(11)17)14(18,19)20/h3-4,25H,2,6H2,1H3. The van der Waals surface area contributed by atoms with E-state index in [0.29, 0.717) is 16.8 Å². The van der Waals surface area contributed by atoms with Crippen molar-refractivity contribution in [3.63, 3.8) is 0 Å². The van der Waals surface area contributed by atoms with Crippen LogP contribution in [0.15, 0.2) is 12.1 Å². The van der Waals surface area contributed by atoms with Crippen LogP contribution in [0.2, 0.25) is 10.0 Å². The van der Waals surface area contributed by atoms with Gasteiger partial charge in [-0.15, -0.1) is 0 Å². The smallest absolute Gasteiger partial charge is 0.362 e. The van der Waals surface area contributed by atoms with Gasteiger partial charge in [-0.1, -0.05) is 23.2 Å². The zero-order valence-electron chi connectivity index (χ0n) is 13.8. The van der Waals surface area contributed by atoms with Crippen LogP contribution in [-0.2, 0) is 17.1 Å². The third-order valence-corrected chi connectivity index (χ3v) is 3.94. The number of benzene rings is 1. The molecule has 0 fully saturated rings. The molecule has 1 heterocycles. The SMILES string of the molecule is CCOCNc1c(C#N)c(C(F)(F)F)nn1-c1c(Cl)cc(C(F)(F)F)cc1Cl. The van der Waals surface area contributed by atoms with E-state index in [9.17, 15) is 26.3 Å². The van der Waals surface area contributed by atoms with E-state index in [1.54, 1.807) is 6.92 Å². The van der Waals surface area contributed by atoms with Crippen LogP contribution in [0.25, 0.3) is 5.69 Å². The fourth-order valence-electron chi connectivity index (χ4n) is 2.20. The van der Waals surface area contributed by atoms with Crippen LogP contribution in [0.5, 0.6) is 0 Å². The van der Waals surface area contributed by atoms with Crippen molar-refractivity contribution < 1.29 is 31.1 Å². The number of nitriles is 1. The lowest BCUT2D eigenvalue weighted by atomic mass is 10.2. The number of halogens is 8. The first kappa shape index (κ1) is 22.1. The van der Waals surface area contributed by atoms with Crippen LogP contribution in [0.1, 0.15) is 23.7 Å². The molecule has 152 valence electrons. The van der Waals surface area contributed by atoms with Crippen molar-refractivity contribution in [2.24, 2.45) is 0 Å². The van der Waals surface area contributed by atoms with E-state index >= 15 is 0 Å². The van der Waals surface area contributed by atoms with Crippen molar-refractivity contribution >= 4 is 29.0 Å². The number of hydrogen-bond acceptors (Lipinski definition) is 4. The highest BCUT2D eigenvalue weighted by atomic mass is 35.5. The van der Waals surface area contributed by atoms with Crippen molar-refractivity contribution in [3.05, 3.63) is 39.0 Å². The third-order valence-electron chi connectivity index (χ3n) is 3.37. The number of nitrogens with one attached hydrogen (secondary N) is 1. The van der Waals surface area contributed by atoms with Gasteiger partial charge < -0.3 is 10.1 Å². The largest absolute Gasteiger partial charge is 0.436 e. The molecule has 13 heteroatoms. The number of aromatic nitrogens is 2. The van der Waals surface area contributed by atoms with E-state index in [4.69, 9.17) is 33.2 Å². The highest BCUT2D eigenvalue weighted by molar-refractivity contribution is 6.38. The Kier molecular flexibility index (Phi) is 6.37. The van der Waals surface area contributed by atoms with Crippen LogP contribution in [0.3, 0.4) is 0 Å². The Labute approximate surface area is 164 Å². The van der Waals surface area contributed by atoms with Gasteiger partial charge in [0.1, 0.15) is 29.9 Å². The predicted octanol–water partition coefficient (Wildman–Crippen LogP) is 5.49. The zero-order chi connectivity index (χ0) is 21.3. The molecule has 0 radical (unpaired) electrons. The molecule has 0 saturated heterocycles. The van der Waals surface area contributed by atoms with Gasteiger partial charge in [-0.2, -0.15) is 36.7 Å². The maximum atomic E-state index is 13.3. The zero-order valence-corrected chi connectivity index (χ0v) is 15.4. The fraction of sp³-hybridized carbons (Fsp3) is 0.333. The molecule has 0 aliphatic rings. The Morgan fingerprint density at radius 3 is 2.14 bits per heavy atom. The number of rotatable bonds is 5. The summed E-state index contributed by atoms with van der Waals surface area (Å²) in [6.45, 7) is 1.52. The topological polar surface area (TPSA) is 62.9 Å². The minimum Gasteiger partial charge on any atom is -0.362 e. The second-order valence-corrected chi connectivity index (χ2v) is 6.01. The van der Waals surface area contributed by atoms with Crippen LogP contribution >= 0.6 is 23.2 Å². The van der Waals surface area contributed by atoms with Crippen molar-refractivity contribution in [2.45, 2.75) is 19.3 Å². The molecule has 0 aliphatic carbocycles. The Morgan fingerprint density at radius 1 is 1.14 bits per heavy atom. The van der Waals surface area contributed by atoms with Gasteiger partial charge in [0.2, 0.25) is 0 Å². The van der Waals surface area contributed by atoms with Crippen LogP contribution in [0, 0.1) is 11.3 Å². The van der Waals surface area contributed by atoms with Crippen LogP contribution in [-0.4, -0.2) is 23.1 Å². The van der Waals surface area contributed by atoms with E-state index in [1.807, 2.05) is 0 Å². The molecule has 1 aromatic heterocycles. The average molecular weight is 447 g/mol. The maximum Gasteiger partial charge on any atom is 0.436 e. The first-order chi connectivity index (χ1) is 12.9. The molecule has 0 bridgehead atoms. The molecule has 0 unspecified atom stereocenters. The average Bonchev–Trinajstić information content (AvgIpc) is 2.92. The molecular formula is C15H10Cl2F6N4O. The summed E-state index contributed by atoms with van der Waals surface area (Å²) in [6.07, 6.45) is -9.79. The number of alkyl halides is 6. The summed E-state index contributed by atoms with van der Waals surface area (Å²) in [6, 6.07) is 2.37. The van der Waals surface area contributed by atoms with Gasteiger partial charge in [-0.25, -0.2) is 4.68 Å². The Hall–Kier alpha value is -2.16. The summed E-state index contributed by atoms with van der Waals surface area (Å²) in [5.74, 6) is -0.480. The van der Waals surface area contributed by atoms with E-state index in [2.05, 4.69) is 10.4 Å².